The molecule has 0 spiro atoms. The lowest BCUT2D eigenvalue weighted by molar-refractivity contribution is 0.413. The second kappa shape index (κ2) is 4.83. The monoisotopic (exact) mass is 335 g/mol. The summed E-state index contributed by atoms with van der Waals surface area (Å²) in [4.78, 5) is 12.4. The van der Waals surface area contributed by atoms with Gasteiger partial charge in [0.15, 0.2) is 0 Å². The number of nitrogens with zero attached hydrogens (tertiary/aromatic N) is 1. The molecule has 0 saturated carbocycles. The molecular weight excluding hydrogens is 326 g/mol. The van der Waals surface area contributed by atoms with Crippen molar-refractivity contribution in [1.82, 2.24) is 3.96 Å². The number of halogens is 1. The fraction of sp³-hybridized carbons (Fsp3) is 0.0714. The first kappa shape index (κ1) is 12.4. The Bertz CT molecular complexity index is 807. The average Bonchev–Trinajstić information content (AvgIpc) is 2.76. The molecule has 96 valence electrons. The third kappa shape index (κ3) is 2.09. The molecule has 0 saturated heterocycles. The number of methoxy groups -OCH3 is 1. The summed E-state index contributed by atoms with van der Waals surface area (Å²) < 4.78 is 8.87. The Morgan fingerprint density at radius 1 is 1.21 bits per heavy atom. The Hall–Kier alpha value is -1.59. The van der Waals surface area contributed by atoms with E-state index in [1.165, 1.54) is 11.5 Å². The van der Waals surface area contributed by atoms with Crippen LogP contribution in [0.2, 0.25) is 0 Å². The zero-order chi connectivity index (χ0) is 13.4. The minimum absolute atomic E-state index is 0.0167. The van der Waals surface area contributed by atoms with Crippen LogP contribution >= 0.6 is 27.5 Å². The highest BCUT2D eigenvalue weighted by Gasteiger charge is 2.12. The van der Waals surface area contributed by atoms with Crippen LogP contribution in [0.15, 0.2) is 51.7 Å². The number of hydrogen-bond acceptors (Lipinski definition) is 3. The van der Waals surface area contributed by atoms with Gasteiger partial charge in [0.05, 0.1) is 17.2 Å². The second-order valence-corrected chi connectivity index (χ2v) is 5.91. The number of ether oxygens (including phenoxy) is 1. The minimum Gasteiger partial charge on any atom is -0.495 e. The molecule has 5 heteroatoms. The molecule has 0 bridgehead atoms. The van der Waals surface area contributed by atoms with Crippen LogP contribution in [0.1, 0.15) is 0 Å². The average molecular weight is 336 g/mol. The molecule has 0 aliphatic rings. The van der Waals surface area contributed by atoms with E-state index in [4.69, 9.17) is 4.74 Å². The first-order valence-electron chi connectivity index (χ1n) is 5.65. The van der Waals surface area contributed by atoms with E-state index in [-0.39, 0.29) is 5.56 Å². The van der Waals surface area contributed by atoms with Crippen molar-refractivity contribution in [2.24, 2.45) is 0 Å². The second-order valence-electron chi connectivity index (χ2n) is 4.00. The predicted octanol–water partition coefficient (Wildman–Crippen LogP) is 3.82. The lowest BCUT2D eigenvalue weighted by atomic mass is 10.2. The number of aromatic nitrogens is 1. The van der Waals surface area contributed by atoms with Gasteiger partial charge in [0.2, 0.25) is 0 Å². The van der Waals surface area contributed by atoms with Gasteiger partial charge in [-0.3, -0.25) is 4.79 Å². The Morgan fingerprint density at radius 3 is 2.74 bits per heavy atom. The summed E-state index contributed by atoms with van der Waals surface area (Å²) in [6, 6.07) is 13.2. The highest BCUT2D eigenvalue weighted by atomic mass is 79.9. The molecule has 0 unspecified atom stereocenters. The highest BCUT2D eigenvalue weighted by Crippen LogP contribution is 2.29. The van der Waals surface area contributed by atoms with Crippen LogP contribution in [-0.4, -0.2) is 11.1 Å². The van der Waals surface area contributed by atoms with Gasteiger partial charge >= 0.3 is 0 Å². The SMILES string of the molecule is COc1ccc(Br)cc1-n1sc2ccccc2c1=O. The van der Waals surface area contributed by atoms with Gasteiger partial charge in [-0.2, -0.15) is 0 Å². The third-order valence-electron chi connectivity index (χ3n) is 2.85. The van der Waals surface area contributed by atoms with E-state index in [2.05, 4.69) is 15.9 Å². The van der Waals surface area contributed by atoms with Crippen molar-refractivity contribution >= 4 is 37.5 Å². The fourth-order valence-electron chi connectivity index (χ4n) is 1.95. The number of hydrogen-bond donors (Lipinski definition) is 0. The van der Waals surface area contributed by atoms with E-state index in [0.717, 1.165) is 20.2 Å². The summed E-state index contributed by atoms with van der Waals surface area (Å²) >= 11 is 4.84. The van der Waals surface area contributed by atoms with E-state index in [9.17, 15) is 4.79 Å². The maximum Gasteiger partial charge on any atom is 0.273 e. The Balaban J connectivity index is 2.33. The summed E-state index contributed by atoms with van der Waals surface area (Å²) in [6.07, 6.45) is 0. The summed E-state index contributed by atoms with van der Waals surface area (Å²) in [5.74, 6) is 0.678. The Labute approximate surface area is 122 Å². The lowest BCUT2D eigenvalue weighted by Gasteiger charge is -2.08. The third-order valence-corrected chi connectivity index (χ3v) is 4.44. The van der Waals surface area contributed by atoms with Crippen molar-refractivity contribution in [1.29, 1.82) is 0 Å². The first-order chi connectivity index (χ1) is 9.20. The molecule has 2 aromatic carbocycles. The summed E-state index contributed by atoms with van der Waals surface area (Å²) in [7, 11) is 1.60. The van der Waals surface area contributed by atoms with Crippen molar-refractivity contribution in [3.63, 3.8) is 0 Å². The Kier molecular flexibility index (Phi) is 3.16. The smallest absolute Gasteiger partial charge is 0.273 e. The molecule has 1 heterocycles. The van der Waals surface area contributed by atoms with Crippen LogP contribution in [-0.2, 0) is 0 Å². The molecular formula is C14H10BrNO2S. The normalized spacial score (nSPS) is 10.8. The van der Waals surface area contributed by atoms with Gasteiger partial charge < -0.3 is 4.74 Å². The maximum atomic E-state index is 12.4. The molecule has 1 aromatic heterocycles. The zero-order valence-electron chi connectivity index (χ0n) is 10.1. The van der Waals surface area contributed by atoms with Crippen LogP contribution < -0.4 is 10.3 Å². The van der Waals surface area contributed by atoms with Gasteiger partial charge in [0, 0.05) is 4.47 Å². The standard InChI is InChI=1S/C14H10BrNO2S/c1-18-12-7-6-9(15)8-11(12)16-14(17)10-4-2-3-5-13(10)19-16/h2-8H,1H3. The van der Waals surface area contributed by atoms with E-state index in [1.54, 1.807) is 11.1 Å². The van der Waals surface area contributed by atoms with Crippen LogP contribution in [0.5, 0.6) is 5.75 Å². The van der Waals surface area contributed by atoms with Crippen molar-refractivity contribution < 1.29 is 4.74 Å². The van der Waals surface area contributed by atoms with E-state index < -0.39 is 0 Å². The molecule has 3 aromatic rings. The molecule has 0 radical (unpaired) electrons. The molecule has 3 nitrogen and oxygen atoms in total. The molecule has 0 amide bonds. The van der Waals surface area contributed by atoms with Crippen LogP contribution in [0.3, 0.4) is 0 Å². The summed E-state index contributed by atoms with van der Waals surface area (Å²) in [5.41, 5.74) is 0.736. The largest absolute Gasteiger partial charge is 0.495 e. The maximum absolute atomic E-state index is 12.4. The highest BCUT2D eigenvalue weighted by molar-refractivity contribution is 9.10. The molecule has 0 N–H and O–H groups in total. The Morgan fingerprint density at radius 2 is 2.00 bits per heavy atom. The van der Waals surface area contributed by atoms with Gasteiger partial charge in [-0.25, -0.2) is 3.96 Å². The predicted molar refractivity (Wildman–Crippen MR) is 81.7 cm³/mol. The van der Waals surface area contributed by atoms with Gasteiger partial charge in [-0.05, 0) is 30.3 Å². The van der Waals surface area contributed by atoms with E-state index in [0.29, 0.717) is 5.75 Å². The first-order valence-corrected chi connectivity index (χ1v) is 7.22. The topological polar surface area (TPSA) is 31.2 Å². The molecule has 0 atom stereocenters. The summed E-state index contributed by atoms with van der Waals surface area (Å²) in [5, 5.41) is 0.731. The molecule has 19 heavy (non-hydrogen) atoms. The number of benzene rings is 2. The number of rotatable bonds is 2. The van der Waals surface area contributed by atoms with Gasteiger partial charge in [0.25, 0.3) is 5.56 Å². The molecule has 0 aliphatic heterocycles. The van der Waals surface area contributed by atoms with Crippen molar-refractivity contribution in [3.8, 4) is 11.4 Å². The van der Waals surface area contributed by atoms with Gasteiger partial charge in [0.1, 0.15) is 11.4 Å². The van der Waals surface area contributed by atoms with E-state index in [1.807, 2.05) is 42.5 Å². The molecule has 3 rings (SSSR count). The van der Waals surface area contributed by atoms with E-state index >= 15 is 0 Å². The molecule has 0 aliphatic carbocycles. The quantitative estimate of drug-likeness (QED) is 0.712. The fourth-order valence-corrected chi connectivity index (χ4v) is 3.31. The van der Waals surface area contributed by atoms with Crippen molar-refractivity contribution in [2.75, 3.05) is 7.11 Å². The van der Waals surface area contributed by atoms with Gasteiger partial charge in [-0.1, -0.05) is 39.6 Å². The minimum atomic E-state index is -0.0167. The van der Waals surface area contributed by atoms with Crippen molar-refractivity contribution in [3.05, 3.63) is 57.3 Å². The zero-order valence-corrected chi connectivity index (χ0v) is 12.5. The number of fused-ring (bicyclic) bond motifs is 1. The molecule has 0 fully saturated rings. The summed E-state index contributed by atoms with van der Waals surface area (Å²) in [6.45, 7) is 0. The van der Waals surface area contributed by atoms with Crippen molar-refractivity contribution in [2.45, 2.75) is 0 Å². The van der Waals surface area contributed by atoms with Crippen LogP contribution in [0.4, 0.5) is 0 Å². The van der Waals surface area contributed by atoms with Gasteiger partial charge in [-0.15, -0.1) is 0 Å². The van der Waals surface area contributed by atoms with Crippen LogP contribution in [0, 0.1) is 0 Å². The lowest BCUT2D eigenvalue weighted by Crippen LogP contribution is -2.11. The van der Waals surface area contributed by atoms with Crippen LogP contribution in [0.25, 0.3) is 15.8 Å².